The molecule has 0 amide bonds. The molecule has 0 unspecified atom stereocenters. The molecule has 14 heavy (non-hydrogen) atoms. The van der Waals surface area contributed by atoms with Crippen molar-refractivity contribution in [2.75, 3.05) is 7.11 Å². The second kappa shape index (κ2) is 4.63. The number of methoxy groups -OCH3 is 1. The van der Waals surface area contributed by atoms with Gasteiger partial charge in [0, 0.05) is 0 Å². The number of ether oxygens (including phenoxy) is 1. The summed E-state index contributed by atoms with van der Waals surface area (Å²) in [6.45, 7) is 0. The van der Waals surface area contributed by atoms with Crippen LogP contribution < -0.4 is 3.87 Å². The predicted octanol–water partition coefficient (Wildman–Crippen LogP) is 2.21. The Bertz CT molecular complexity index is 365. The van der Waals surface area contributed by atoms with Crippen LogP contribution in [0.5, 0.6) is 0 Å². The summed E-state index contributed by atoms with van der Waals surface area (Å²) in [7, 11) is 1.74. The second-order valence-electron chi connectivity index (χ2n) is 3.20. The van der Waals surface area contributed by atoms with Gasteiger partial charge in [-0.15, -0.1) is 0 Å². The maximum atomic E-state index is 5.21. The molecule has 0 aliphatic heterocycles. The van der Waals surface area contributed by atoms with Crippen LogP contribution in [0.25, 0.3) is 0 Å². The summed E-state index contributed by atoms with van der Waals surface area (Å²) in [6.07, 6.45) is 5.32. The van der Waals surface area contributed by atoms with E-state index in [4.69, 9.17) is 4.74 Å². The molecule has 0 spiro atoms. The van der Waals surface area contributed by atoms with Crippen molar-refractivity contribution in [1.82, 2.24) is 0 Å². The molecule has 0 radical (unpaired) electrons. The monoisotopic (exact) mass is 220 g/mol. The predicted molar refractivity (Wildman–Crippen MR) is 53.9 cm³/mol. The summed E-state index contributed by atoms with van der Waals surface area (Å²) in [4.78, 5) is 0. The summed E-state index contributed by atoms with van der Waals surface area (Å²) >= 11 is -0.119. The minimum absolute atomic E-state index is 0.119. The Morgan fingerprint density at radius 2 is 1.93 bits per heavy atom. The van der Waals surface area contributed by atoms with Crippen molar-refractivity contribution < 1.29 is 23.9 Å². The Balaban J connectivity index is 1.96. The standard InChI is InChI=1S/C6H7O.C6H5.Ti/c1-7-6-4-2-3-5-6;1-2-4-6-5-3-1;/h2,4H,5H2,1H3;1-5H;. The molecule has 0 atom stereocenters. The summed E-state index contributed by atoms with van der Waals surface area (Å²) < 4.78 is 8.25. The topological polar surface area (TPSA) is 9.23 Å². The Kier molecular flexibility index (Phi) is 3.23. The Hall–Kier alpha value is -0.786. The second-order valence-corrected chi connectivity index (χ2v) is 5.49. The summed E-state index contributed by atoms with van der Waals surface area (Å²) in [5, 5.41) is 0. The van der Waals surface area contributed by atoms with E-state index in [2.05, 4.69) is 42.5 Å². The zero-order chi connectivity index (χ0) is 9.80. The number of hydrogen-bond acceptors (Lipinski definition) is 1. The van der Waals surface area contributed by atoms with Crippen LogP contribution >= 0.6 is 0 Å². The zero-order valence-electron chi connectivity index (χ0n) is 8.16. The Morgan fingerprint density at radius 1 is 1.14 bits per heavy atom. The normalized spacial score (nSPS) is 14.6. The van der Waals surface area contributed by atoms with E-state index in [1.807, 2.05) is 0 Å². The first-order valence-corrected chi connectivity index (χ1v) is 6.20. The van der Waals surface area contributed by atoms with Crippen LogP contribution in [0, 0.1) is 0 Å². The average Bonchev–Trinajstić information content (AvgIpc) is 2.67. The van der Waals surface area contributed by atoms with Crippen LogP contribution in [0.15, 0.2) is 52.1 Å². The molecule has 0 bridgehead atoms. The van der Waals surface area contributed by atoms with E-state index in [1.165, 1.54) is 3.87 Å². The van der Waals surface area contributed by atoms with Gasteiger partial charge in [0.15, 0.2) is 0 Å². The molecule has 0 heterocycles. The Morgan fingerprint density at radius 3 is 2.57 bits per heavy atom. The van der Waals surface area contributed by atoms with E-state index < -0.39 is 0 Å². The van der Waals surface area contributed by atoms with Crippen molar-refractivity contribution in [2.45, 2.75) is 6.42 Å². The fraction of sp³-hybridized carbons (Fsp3) is 0.167. The first kappa shape index (κ1) is 9.76. The zero-order valence-corrected chi connectivity index (χ0v) is 9.72. The molecular formula is C12H12OTi. The number of hydrogen-bond donors (Lipinski definition) is 0. The van der Waals surface area contributed by atoms with E-state index in [0.717, 1.165) is 12.2 Å². The first-order valence-electron chi connectivity index (χ1n) is 4.64. The summed E-state index contributed by atoms with van der Waals surface area (Å²) in [6, 6.07) is 10.7. The molecule has 2 heteroatoms. The summed E-state index contributed by atoms with van der Waals surface area (Å²) in [5.74, 6) is 1.10. The van der Waals surface area contributed by atoms with Crippen LogP contribution in [0.1, 0.15) is 6.42 Å². The Labute approximate surface area is 93.4 Å². The number of allylic oxidation sites excluding steroid dienone is 3. The molecule has 1 aliphatic rings. The van der Waals surface area contributed by atoms with E-state index in [-0.39, 0.29) is 19.2 Å². The van der Waals surface area contributed by atoms with Crippen molar-refractivity contribution in [1.29, 1.82) is 0 Å². The van der Waals surface area contributed by atoms with Gasteiger partial charge in [0.25, 0.3) is 0 Å². The van der Waals surface area contributed by atoms with Crippen molar-refractivity contribution >= 4 is 3.87 Å². The number of rotatable bonds is 3. The van der Waals surface area contributed by atoms with E-state index in [1.54, 1.807) is 11.0 Å². The van der Waals surface area contributed by atoms with Crippen molar-refractivity contribution in [3.8, 4) is 0 Å². The molecule has 0 saturated heterocycles. The molecule has 2 rings (SSSR count). The van der Waals surface area contributed by atoms with Crippen LogP contribution in [0.3, 0.4) is 0 Å². The van der Waals surface area contributed by atoms with Crippen LogP contribution in [-0.4, -0.2) is 7.11 Å². The van der Waals surface area contributed by atoms with Gasteiger partial charge in [-0.2, -0.15) is 0 Å². The van der Waals surface area contributed by atoms with Gasteiger partial charge < -0.3 is 0 Å². The fourth-order valence-electron chi connectivity index (χ4n) is 1.43. The van der Waals surface area contributed by atoms with Gasteiger partial charge in [0.05, 0.1) is 0 Å². The maximum absolute atomic E-state index is 5.21. The molecule has 1 aliphatic carbocycles. The first-order chi connectivity index (χ1) is 6.88. The molecule has 0 aromatic heterocycles. The SMILES string of the molecule is COC1=CC=[C]([Ti][c]2ccccc2)C1. The van der Waals surface area contributed by atoms with Crippen LogP contribution in [0.4, 0.5) is 0 Å². The third-order valence-corrected chi connectivity index (χ3v) is 4.19. The van der Waals surface area contributed by atoms with E-state index in [0.29, 0.717) is 0 Å². The van der Waals surface area contributed by atoms with Crippen molar-refractivity contribution in [3.63, 3.8) is 0 Å². The third kappa shape index (κ3) is 2.37. The van der Waals surface area contributed by atoms with Gasteiger partial charge in [0.1, 0.15) is 0 Å². The number of benzene rings is 1. The molecule has 1 aromatic carbocycles. The van der Waals surface area contributed by atoms with Gasteiger partial charge in [-0.25, -0.2) is 0 Å². The average molecular weight is 220 g/mol. The quantitative estimate of drug-likeness (QED) is 0.709. The molecule has 70 valence electrons. The van der Waals surface area contributed by atoms with Gasteiger partial charge in [0.2, 0.25) is 0 Å². The molecule has 1 nitrogen and oxygen atoms in total. The van der Waals surface area contributed by atoms with Gasteiger partial charge in [-0.3, -0.25) is 0 Å². The van der Waals surface area contributed by atoms with Gasteiger partial charge in [-0.05, 0) is 0 Å². The van der Waals surface area contributed by atoms with Crippen molar-refractivity contribution in [2.24, 2.45) is 0 Å². The molecule has 0 fully saturated rings. The van der Waals surface area contributed by atoms with E-state index >= 15 is 0 Å². The molecular weight excluding hydrogens is 208 g/mol. The van der Waals surface area contributed by atoms with Crippen LogP contribution in [-0.2, 0) is 23.9 Å². The molecule has 1 aromatic rings. The summed E-state index contributed by atoms with van der Waals surface area (Å²) in [5.41, 5.74) is 0. The minimum atomic E-state index is -0.119. The van der Waals surface area contributed by atoms with E-state index in [9.17, 15) is 0 Å². The van der Waals surface area contributed by atoms with Gasteiger partial charge in [-0.1, -0.05) is 0 Å². The molecule has 0 saturated carbocycles. The van der Waals surface area contributed by atoms with Crippen LogP contribution in [0.2, 0.25) is 0 Å². The third-order valence-electron chi connectivity index (χ3n) is 2.18. The van der Waals surface area contributed by atoms with Crippen molar-refractivity contribution in [3.05, 3.63) is 52.1 Å². The fourth-order valence-corrected chi connectivity index (χ4v) is 3.24. The van der Waals surface area contributed by atoms with Gasteiger partial charge >= 0.3 is 93.4 Å². The molecule has 0 N–H and O–H groups in total.